The van der Waals surface area contributed by atoms with Crippen molar-refractivity contribution in [3.05, 3.63) is 0 Å². The minimum atomic E-state index is -1.51. The molecular weight excluding hydrogens is 576 g/mol. The van der Waals surface area contributed by atoms with Gasteiger partial charge < -0.3 is 42.5 Å². The van der Waals surface area contributed by atoms with Gasteiger partial charge in [0.2, 0.25) is 29.5 Å². The minimum absolute atomic E-state index is 0.0746. The Morgan fingerprint density at radius 2 is 1.05 bits per heavy atom. The van der Waals surface area contributed by atoms with Crippen LogP contribution in [0.1, 0.15) is 81.6 Å². The van der Waals surface area contributed by atoms with E-state index in [1.165, 1.54) is 6.92 Å². The Bertz CT molecular complexity index is 1030. The topological polar surface area (TPSA) is 246 Å². The van der Waals surface area contributed by atoms with E-state index < -0.39 is 102 Å². The largest absolute Gasteiger partial charge is 0.481 e. The average Bonchev–Trinajstić information content (AvgIpc) is 2.90. The summed E-state index contributed by atoms with van der Waals surface area (Å²) in [6.45, 7) is 15.1. The Morgan fingerprint density at radius 3 is 1.43 bits per heavy atom. The van der Waals surface area contributed by atoms with Gasteiger partial charge in [-0.25, -0.2) is 0 Å². The molecule has 44 heavy (non-hydrogen) atoms. The molecule has 0 aliphatic carbocycles. The van der Waals surface area contributed by atoms with Crippen molar-refractivity contribution < 1.29 is 43.8 Å². The number of nitrogens with one attached hydrogen (secondary N) is 5. The molecule has 0 aromatic rings. The molecule has 0 fully saturated rings. The summed E-state index contributed by atoms with van der Waals surface area (Å²) in [7, 11) is 0. The van der Waals surface area contributed by atoms with Crippen LogP contribution in [0, 0.1) is 23.7 Å². The predicted molar refractivity (Wildman–Crippen MR) is 162 cm³/mol. The van der Waals surface area contributed by atoms with Crippen molar-refractivity contribution in [2.45, 2.75) is 118 Å². The molecule has 0 aromatic carbocycles. The molecule has 7 atom stereocenters. The molecule has 252 valence electrons. The second kappa shape index (κ2) is 18.8. The van der Waals surface area contributed by atoms with E-state index in [2.05, 4.69) is 26.6 Å². The average molecular weight is 629 g/mol. The Hall–Kier alpha value is -3.75. The first kappa shape index (κ1) is 40.2. The van der Waals surface area contributed by atoms with Gasteiger partial charge in [-0.1, -0.05) is 61.8 Å². The maximum Gasteiger partial charge on any atom is 0.325 e. The lowest BCUT2D eigenvalue weighted by Gasteiger charge is -2.30. The molecular formula is C29H52N6O9. The second-order valence-corrected chi connectivity index (χ2v) is 12.3. The summed E-state index contributed by atoms with van der Waals surface area (Å²) in [6, 6.07) is -7.14. The zero-order valence-electron chi connectivity index (χ0n) is 27.2. The van der Waals surface area contributed by atoms with Gasteiger partial charge in [0.25, 0.3) is 0 Å². The SMILES string of the molecule is CC[C@H](C)[C@H](NC(=O)[C@H](CC(=O)O)NC(=O)[C@@H](N)CC(C)C)C(=O)N[C@H](C(=O)N[C@H](C(=O)N[C@@H](C)C(=O)O)C(C)C)C(C)C. The fourth-order valence-corrected chi connectivity index (χ4v) is 4.15. The van der Waals surface area contributed by atoms with Crippen molar-refractivity contribution in [3.8, 4) is 0 Å². The summed E-state index contributed by atoms with van der Waals surface area (Å²) in [5.74, 6) is -7.65. The summed E-state index contributed by atoms with van der Waals surface area (Å²) < 4.78 is 0. The highest BCUT2D eigenvalue weighted by molar-refractivity contribution is 5.97. The lowest BCUT2D eigenvalue weighted by atomic mass is 9.95. The van der Waals surface area contributed by atoms with E-state index in [-0.39, 0.29) is 5.92 Å². The zero-order chi connectivity index (χ0) is 34.5. The molecule has 0 aliphatic rings. The molecule has 0 radical (unpaired) electrons. The van der Waals surface area contributed by atoms with Crippen LogP contribution in [0.25, 0.3) is 0 Å². The van der Waals surface area contributed by atoms with Crippen molar-refractivity contribution in [1.82, 2.24) is 26.6 Å². The monoisotopic (exact) mass is 628 g/mol. The van der Waals surface area contributed by atoms with E-state index >= 15 is 0 Å². The number of carboxylic acids is 2. The van der Waals surface area contributed by atoms with E-state index in [4.69, 9.17) is 10.8 Å². The number of amides is 5. The zero-order valence-corrected chi connectivity index (χ0v) is 27.2. The van der Waals surface area contributed by atoms with Gasteiger partial charge in [-0.15, -0.1) is 0 Å². The van der Waals surface area contributed by atoms with Gasteiger partial charge in [0.05, 0.1) is 12.5 Å². The number of nitrogens with two attached hydrogens (primary N) is 1. The summed E-state index contributed by atoms with van der Waals surface area (Å²) in [5.41, 5.74) is 5.89. The third-order valence-corrected chi connectivity index (χ3v) is 7.09. The van der Waals surface area contributed by atoms with Crippen molar-refractivity contribution in [3.63, 3.8) is 0 Å². The quantitative estimate of drug-likeness (QED) is 0.0929. The summed E-state index contributed by atoms with van der Waals surface area (Å²) in [6.07, 6.45) is -0.0256. The van der Waals surface area contributed by atoms with Gasteiger partial charge in [-0.2, -0.15) is 0 Å². The number of aliphatic carboxylic acids is 2. The van der Waals surface area contributed by atoms with E-state index in [0.717, 1.165) is 0 Å². The first-order chi connectivity index (χ1) is 20.2. The molecule has 0 heterocycles. The minimum Gasteiger partial charge on any atom is -0.481 e. The summed E-state index contributed by atoms with van der Waals surface area (Å²) >= 11 is 0. The normalized spacial score (nSPS) is 16.1. The van der Waals surface area contributed by atoms with Crippen molar-refractivity contribution in [2.75, 3.05) is 0 Å². The molecule has 15 nitrogen and oxygen atoms in total. The van der Waals surface area contributed by atoms with Crippen LogP contribution in [0.15, 0.2) is 0 Å². The summed E-state index contributed by atoms with van der Waals surface area (Å²) in [4.78, 5) is 87.9. The second-order valence-electron chi connectivity index (χ2n) is 12.3. The Balaban J connectivity index is 5.95. The number of hydrogen-bond donors (Lipinski definition) is 8. The van der Waals surface area contributed by atoms with Crippen LogP contribution in [-0.4, -0.2) is 87.9 Å². The number of carbonyl (C=O) groups excluding carboxylic acids is 5. The maximum atomic E-state index is 13.5. The van der Waals surface area contributed by atoms with Gasteiger partial charge in [-0.3, -0.25) is 33.6 Å². The van der Waals surface area contributed by atoms with Gasteiger partial charge in [0.15, 0.2) is 0 Å². The molecule has 0 saturated heterocycles. The third kappa shape index (κ3) is 13.7. The van der Waals surface area contributed by atoms with Crippen LogP contribution in [0.3, 0.4) is 0 Å². The highest BCUT2D eigenvalue weighted by atomic mass is 16.4. The fourth-order valence-electron chi connectivity index (χ4n) is 4.15. The highest BCUT2D eigenvalue weighted by Crippen LogP contribution is 2.12. The first-order valence-electron chi connectivity index (χ1n) is 14.9. The highest BCUT2D eigenvalue weighted by Gasteiger charge is 2.36. The van der Waals surface area contributed by atoms with Crippen molar-refractivity contribution in [1.29, 1.82) is 0 Å². The molecule has 0 saturated carbocycles. The molecule has 0 rings (SSSR count). The standard InChI is InChI=1S/C29H52N6O9/c1-10-16(8)23(35-25(39)19(12-20(36)37)32-24(38)18(30)11-13(2)3)28(42)34-22(15(6)7)27(41)33-21(14(4)5)26(40)31-17(9)29(43)44/h13-19,21-23H,10-12,30H2,1-9H3,(H,31,40)(H,32,38)(H,33,41)(H,34,42)(H,35,39)(H,36,37)(H,43,44)/t16-,17-,18-,19-,21-,22-,23-/m0/s1. The van der Waals surface area contributed by atoms with Crippen molar-refractivity contribution >= 4 is 41.5 Å². The lowest BCUT2D eigenvalue weighted by Crippen LogP contribution is -2.61. The number of hydrogen-bond acceptors (Lipinski definition) is 8. The molecule has 0 bridgehead atoms. The number of rotatable bonds is 19. The Kier molecular flexibility index (Phi) is 17.2. The van der Waals surface area contributed by atoms with Crippen LogP contribution < -0.4 is 32.3 Å². The van der Waals surface area contributed by atoms with E-state index in [1.54, 1.807) is 41.5 Å². The Morgan fingerprint density at radius 1 is 0.614 bits per heavy atom. The van der Waals surface area contributed by atoms with Gasteiger partial charge in [-0.05, 0) is 37.0 Å². The fraction of sp³-hybridized carbons (Fsp3) is 0.759. The maximum absolute atomic E-state index is 13.5. The van der Waals surface area contributed by atoms with E-state index in [1.807, 2.05) is 13.8 Å². The molecule has 0 aliphatic heterocycles. The van der Waals surface area contributed by atoms with E-state index in [9.17, 15) is 38.7 Å². The lowest BCUT2D eigenvalue weighted by molar-refractivity contribution is -0.142. The molecule has 0 aromatic heterocycles. The van der Waals surface area contributed by atoms with Crippen LogP contribution in [0.5, 0.6) is 0 Å². The first-order valence-corrected chi connectivity index (χ1v) is 14.9. The van der Waals surface area contributed by atoms with Gasteiger partial charge in [0.1, 0.15) is 30.2 Å². The van der Waals surface area contributed by atoms with Gasteiger partial charge in [0, 0.05) is 0 Å². The van der Waals surface area contributed by atoms with Crippen LogP contribution in [0.4, 0.5) is 0 Å². The van der Waals surface area contributed by atoms with Crippen LogP contribution in [0.2, 0.25) is 0 Å². The molecule has 0 unspecified atom stereocenters. The molecule has 5 amide bonds. The van der Waals surface area contributed by atoms with Crippen LogP contribution >= 0.6 is 0 Å². The number of carbonyl (C=O) groups is 7. The predicted octanol–water partition coefficient (Wildman–Crippen LogP) is -0.279. The summed E-state index contributed by atoms with van der Waals surface area (Å²) in [5, 5.41) is 30.9. The smallest absolute Gasteiger partial charge is 0.325 e. The van der Waals surface area contributed by atoms with Crippen molar-refractivity contribution in [2.24, 2.45) is 29.4 Å². The van der Waals surface area contributed by atoms with Crippen LogP contribution in [-0.2, 0) is 33.6 Å². The van der Waals surface area contributed by atoms with E-state index in [0.29, 0.717) is 12.8 Å². The van der Waals surface area contributed by atoms with Gasteiger partial charge >= 0.3 is 11.9 Å². The number of carboxylic acid groups (broad SMARTS) is 2. The molecule has 9 N–H and O–H groups in total. The Labute approximate surface area is 259 Å². The molecule has 15 heteroatoms. The third-order valence-electron chi connectivity index (χ3n) is 7.09. The molecule has 0 spiro atoms.